The van der Waals surface area contributed by atoms with Crippen LogP contribution in [0.2, 0.25) is 0 Å². The van der Waals surface area contributed by atoms with Gasteiger partial charge in [-0.3, -0.25) is 14.5 Å². The molecule has 0 aliphatic rings. The van der Waals surface area contributed by atoms with E-state index in [4.69, 9.17) is 12.2 Å². The zero-order valence-electron chi connectivity index (χ0n) is 13.2. The van der Waals surface area contributed by atoms with Crippen LogP contribution in [-0.4, -0.2) is 51.3 Å². The molecule has 2 aromatic heterocycles. The predicted molar refractivity (Wildman–Crippen MR) is 93.1 cm³/mol. The average Bonchev–Trinajstić information content (AvgIpc) is 2.95. The molecule has 7 nitrogen and oxygen atoms in total. The second-order valence-corrected chi connectivity index (χ2v) is 5.62. The van der Waals surface area contributed by atoms with Gasteiger partial charge >= 0.3 is 0 Å². The number of rotatable bonds is 6. The molecular weight excluding hydrogens is 312 g/mol. The number of thiocarbonyl (C=S) groups is 1. The minimum atomic E-state index is -0.0168. The Morgan fingerprint density at radius 1 is 1.39 bits per heavy atom. The first-order chi connectivity index (χ1) is 11.0. The molecule has 1 amide bonds. The summed E-state index contributed by atoms with van der Waals surface area (Å²) in [6, 6.07) is 3.94. The molecule has 2 heterocycles. The van der Waals surface area contributed by atoms with Crippen LogP contribution in [0.4, 0.5) is 5.69 Å². The van der Waals surface area contributed by atoms with Gasteiger partial charge in [0.05, 0.1) is 11.9 Å². The third-order valence-electron chi connectivity index (χ3n) is 3.11. The second kappa shape index (κ2) is 8.23. The Labute approximate surface area is 140 Å². The number of aromatic nitrogens is 3. The van der Waals surface area contributed by atoms with Gasteiger partial charge in [-0.1, -0.05) is 6.07 Å². The number of likely N-dealkylation sites (N-methyl/N-ethyl adjacent to an activating group) is 1. The van der Waals surface area contributed by atoms with Crippen molar-refractivity contribution in [2.24, 2.45) is 0 Å². The lowest BCUT2D eigenvalue weighted by Gasteiger charge is -2.10. The van der Waals surface area contributed by atoms with Crippen molar-refractivity contribution in [3.63, 3.8) is 0 Å². The summed E-state index contributed by atoms with van der Waals surface area (Å²) < 4.78 is 1.57. The van der Waals surface area contributed by atoms with E-state index in [0.29, 0.717) is 11.7 Å². The number of amides is 1. The molecule has 2 aromatic rings. The van der Waals surface area contributed by atoms with Gasteiger partial charge in [-0.15, -0.1) is 0 Å². The van der Waals surface area contributed by atoms with Crippen LogP contribution in [0.5, 0.6) is 0 Å². The Kier molecular flexibility index (Phi) is 6.04. The third-order valence-corrected chi connectivity index (χ3v) is 3.36. The van der Waals surface area contributed by atoms with Crippen molar-refractivity contribution in [2.45, 2.75) is 13.0 Å². The van der Waals surface area contributed by atoms with Crippen molar-refractivity contribution in [3.8, 4) is 0 Å². The van der Waals surface area contributed by atoms with Gasteiger partial charge in [-0.25, -0.2) is 0 Å². The number of carbonyl (C=O) groups excluding carboxylic acids is 1. The van der Waals surface area contributed by atoms with E-state index in [9.17, 15) is 4.79 Å². The fourth-order valence-corrected chi connectivity index (χ4v) is 2.06. The van der Waals surface area contributed by atoms with Gasteiger partial charge in [0.15, 0.2) is 5.11 Å². The maximum atomic E-state index is 11.6. The highest BCUT2D eigenvalue weighted by Gasteiger charge is 2.07. The maximum Gasteiger partial charge on any atom is 0.243 e. The zero-order valence-corrected chi connectivity index (χ0v) is 14.0. The van der Waals surface area contributed by atoms with E-state index in [0.717, 1.165) is 17.7 Å². The summed E-state index contributed by atoms with van der Waals surface area (Å²) in [6.07, 6.45) is 7.81. The summed E-state index contributed by atoms with van der Waals surface area (Å²) in [6.45, 7) is 0.917. The minimum absolute atomic E-state index is 0.0168. The van der Waals surface area contributed by atoms with E-state index in [1.807, 2.05) is 18.3 Å². The molecule has 8 heteroatoms. The van der Waals surface area contributed by atoms with Crippen molar-refractivity contribution in [2.75, 3.05) is 26.0 Å². The molecule has 0 fully saturated rings. The summed E-state index contributed by atoms with van der Waals surface area (Å²) in [5.41, 5.74) is 1.90. The van der Waals surface area contributed by atoms with E-state index in [1.54, 1.807) is 37.4 Å². The highest BCUT2D eigenvalue weighted by atomic mass is 32.1. The number of pyridine rings is 1. The fraction of sp³-hybridized carbons (Fsp3) is 0.333. The Hall–Kier alpha value is -2.48. The van der Waals surface area contributed by atoms with E-state index in [2.05, 4.69) is 20.7 Å². The first-order valence-electron chi connectivity index (χ1n) is 7.21. The average molecular weight is 332 g/mol. The number of hydrogen-bond acceptors (Lipinski definition) is 4. The molecule has 2 rings (SSSR count). The summed E-state index contributed by atoms with van der Waals surface area (Å²) in [4.78, 5) is 17.2. The van der Waals surface area contributed by atoms with Gasteiger partial charge < -0.3 is 15.5 Å². The Morgan fingerprint density at radius 2 is 2.22 bits per heavy atom. The molecule has 2 N–H and O–H groups in total. The molecule has 0 bridgehead atoms. The van der Waals surface area contributed by atoms with Crippen LogP contribution in [0, 0.1) is 0 Å². The largest absolute Gasteiger partial charge is 0.362 e. The molecule has 0 aromatic carbocycles. The standard InChI is InChI=1S/C15H20N6OS/c1-20(2)14(22)11-21-10-13(9-18-21)19-15(23)17-7-5-12-4-3-6-16-8-12/h3-4,6,8-10H,5,7,11H2,1-2H3,(H2,17,19,23). The highest BCUT2D eigenvalue weighted by molar-refractivity contribution is 7.80. The molecule has 0 aliphatic heterocycles. The second-order valence-electron chi connectivity index (χ2n) is 5.21. The van der Waals surface area contributed by atoms with E-state index in [-0.39, 0.29) is 12.5 Å². The third kappa shape index (κ3) is 5.67. The first-order valence-corrected chi connectivity index (χ1v) is 7.62. The smallest absolute Gasteiger partial charge is 0.243 e. The fourth-order valence-electron chi connectivity index (χ4n) is 1.84. The number of nitrogens with one attached hydrogen (secondary N) is 2. The van der Waals surface area contributed by atoms with Gasteiger partial charge in [0.2, 0.25) is 5.91 Å². The van der Waals surface area contributed by atoms with Crippen molar-refractivity contribution < 1.29 is 4.79 Å². The summed E-state index contributed by atoms with van der Waals surface area (Å²) >= 11 is 5.24. The molecule has 122 valence electrons. The molecule has 0 saturated heterocycles. The number of anilines is 1. The molecule has 23 heavy (non-hydrogen) atoms. The quantitative estimate of drug-likeness (QED) is 0.766. The molecule has 0 atom stereocenters. The van der Waals surface area contributed by atoms with Crippen LogP contribution in [0.25, 0.3) is 0 Å². The lowest BCUT2D eigenvalue weighted by molar-refractivity contribution is -0.129. The molecule has 0 radical (unpaired) electrons. The van der Waals surface area contributed by atoms with Crippen molar-refractivity contribution in [1.82, 2.24) is 25.0 Å². The predicted octanol–water partition coefficient (Wildman–Crippen LogP) is 0.895. The minimum Gasteiger partial charge on any atom is -0.362 e. The summed E-state index contributed by atoms with van der Waals surface area (Å²) in [5.74, 6) is -0.0168. The Morgan fingerprint density at radius 3 is 2.91 bits per heavy atom. The molecule has 0 unspecified atom stereocenters. The van der Waals surface area contributed by atoms with Crippen LogP contribution >= 0.6 is 12.2 Å². The lowest BCUT2D eigenvalue weighted by atomic mass is 10.2. The van der Waals surface area contributed by atoms with Gasteiger partial charge in [0, 0.05) is 39.2 Å². The lowest BCUT2D eigenvalue weighted by Crippen LogP contribution is -2.30. The normalized spacial score (nSPS) is 10.2. The molecule has 0 spiro atoms. The topological polar surface area (TPSA) is 75.1 Å². The Balaban J connectivity index is 1.75. The monoisotopic (exact) mass is 332 g/mol. The van der Waals surface area contributed by atoms with E-state index in [1.165, 1.54) is 4.90 Å². The number of carbonyl (C=O) groups is 1. The van der Waals surface area contributed by atoms with Crippen LogP contribution < -0.4 is 10.6 Å². The van der Waals surface area contributed by atoms with Gasteiger partial charge in [-0.05, 0) is 30.3 Å². The van der Waals surface area contributed by atoms with Crippen molar-refractivity contribution >= 4 is 28.9 Å². The SMILES string of the molecule is CN(C)C(=O)Cn1cc(NC(=S)NCCc2cccnc2)cn1. The highest BCUT2D eigenvalue weighted by Crippen LogP contribution is 2.05. The van der Waals surface area contributed by atoms with Gasteiger partial charge in [-0.2, -0.15) is 5.10 Å². The Bertz CT molecular complexity index is 655. The van der Waals surface area contributed by atoms with Crippen LogP contribution in [0.3, 0.4) is 0 Å². The van der Waals surface area contributed by atoms with Crippen molar-refractivity contribution in [1.29, 1.82) is 0 Å². The molecule has 0 saturated carbocycles. The number of hydrogen-bond donors (Lipinski definition) is 2. The summed E-state index contributed by atoms with van der Waals surface area (Å²) in [5, 5.41) is 10.8. The zero-order chi connectivity index (χ0) is 16.7. The van der Waals surface area contributed by atoms with Gasteiger partial charge in [0.25, 0.3) is 0 Å². The van der Waals surface area contributed by atoms with Crippen LogP contribution in [0.1, 0.15) is 5.56 Å². The van der Waals surface area contributed by atoms with E-state index < -0.39 is 0 Å². The van der Waals surface area contributed by atoms with Crippen LogP contribution in [0.15, 0.2) is 36.9 Å². The van der Waals surface area contributed by atoms with Crippen molar-refractivity contribution in [3.05, 3.63) is 42.5 Å². The van der Waals surface area contributed by atoms with Crippen LogP contribution in [-0.2, 0) is 17.8 Å². The molecule has 0 aliphatic carbocycles. The molecular formula is C15H20N6OS. The maximum absolute atomic E-state index is 11.6. The number of nitrogens with zero attached hydrogens (tertiary/aromatic N) is 4. The summed E-state index contributed by atoms with van der Waals surface area (Å²) in [7, 11) is 3.43. The first kappa shape index (κ1) is 16.9. The van der Waals surface area contributed by atoms with E-state index >= 15 is 0 Å². The van der Waals surface area contributed by atoms with Gasteiger partial charge in [0.1, 0.15) is 6.54 Å².